The Labute approximate surface area is 69.3 Å². The molecule has 1 atom stereocenters. The molecule has 72 valence electrons. The zero-order valence-electron chi connectivity index (χ0n) is 6.90. The summed E-state index contributed by atoms with van der Waals surface area (Å²) in [5.41, 5.74) is 0. The molecule has 0 aromatic carbocycles. The lowest BCUT2D eigenvalue weighted by molar-refractivity contribution is -0.186. The van der Waals surface area contributed by atoms with E-state index in [4.69, 9.17) is 4.74 Å². The van der Waals surface area contributed by atoms with E-state index in [2.05, 4.69) is 0 Å². The van der Waals surface area contributed by atoms with Crippen LogP contribution < -0.4 is 0 Å². The van der Waals surface area contributed by atoms with E-state index < -0.39 is 12.1 Å². The first-order chi connectivity index (χ1) is 5.50. The molecule has 1 aliphatic heterocycles. The summed E-state index contributed by atoms with van der Waals surface area (Å²) in [6.45, 7) is 0.813. The molecule has 2 nitrogen and oxygen atoms in total. The van der Waals surface area contributed by atoms with Gasteiger partial charge >= 0.3 is 6.18 Å². The van der Waals surface area contributed by atoms with E-state index in [1.54, 1.807) is 11.9 Å². The Kier molecular flexibility index (Phi) is 2.95. The minimum Gasteiger partial charge on any atom is -0.379 e. The van der Waals surface area contributed by atoms with Crippen LogP contribution in [0.3, 0.4) is 0 Å². The lowest BCUT2D eigenvalue weighted by Gasteiger charge is -2.20. The van der Waals surface area contributed by atoms with Gasteiger partial charge in [0.2, 0.25) is 0 Å². The van der Waals surface area contributed by atoms with Gasteiger partial charge in [0.1, 0.15) is 0 Å². The van der Waals surface area contributed by atoms with Crippen molar-refractivity contribution in [1.82, 2.24) is 4.90 Å². The van der Waals surface area contributed by atoms with Crippen LogP contribution in [0.1, 0.15) is 0 Å². The number of likely N-dealkylation sites (N-methyl/N-ethyl adjacent to an activating group) is 1. The van der Waals surface area contributed by atoms with E-state index in [1.165, 1.54) is 0 Å². The Balaban J connectivity index is 2.52. The van der Waals surface area contributed by atoms with E-state index >= 15 is 0 Å². The van der Waals surface area contributed by atoms with Gasteiger partial charge in [0, 0.05) is 13.1 Å². The molecular weight excluding hydrogens is 171 g/mol. The van der Waals surface area contributed by atoms with Gasteiger partial charge in [0.05, 0.1) is 19.1 Å². The fourth-order valence-electron chi connectivity index (χ4n) is 1.16. The molecular formula is C7H12F3NO. The topological polar surface area (TPSA) is 12.5 Å². The molecule has 0 radical (unpaired) electrons. The fourth-order valence-corrected chi connectivity index (χ4v) is 1.16. The van der Waals surface area contributed by atoms with Crippen molar-refractivity contribution < 1.29 is 17.9 Å². The van der Waals surface area contributed by atoms with Crippen LogP contribution in [-0.2, 0) is 4.74 Å². The lowest BCUT2D eigenvalue weighted by Crippen LogP contribution is -2.35. The first-order valence-corrected chi connectivity index (χ1v) is 3.83. The average Bonchev–Trinajstić information content (AvgIpc) is 2.11. The van der Waals surface area contributed by atoms with E-state index in [0.29, 0.717) is 13.2 Å². The van der Waals surface area contributed by atoms with Crippen LogP contribution in [0.25, 0.3) is 0 Å². The predicted octanol–water partition coefficient (Wildman–Crippen LogP) is 1.13. The zero-order valence-corrected chi connectivity index (χ0v) is 6.90. The lowest BCUT2D eigenvalue weighted by atomic mass is 10.1. The fraction of sp³-hybridized carbons (Fsp3) is 1.00. The van der Waals surface area contributed by atoms with Gasteiger partial charge in [-0.15, -0.1) is 0 Å². The number of ether oxygens (including phenoxy) is 1. The molecule has 1 fully saturated rings. The molecule has 1 unspecified atom stereocenters. The van der Waals surface area contributed by atoms with Crippen molar-refractivity contribution in [2.24, 2.45) is 5.92 Å². The highest BCUT2D eigenvalue weighted by Crippen LogP contribution is 2.27. The summed E-state index contributed by atoms with van der Waals surface area (Å²) in [5, 5.41) is 0. The molecule has 1 rings (SSSR count). The van der Waals surface area contributed by atoms with Crippen molar-refractivity contribution in [1.29, 1.82) is 0 Å². The molecule has 1 heterocycles. The van der Waals surface area contributed by atoms with Crippen molar-refractivity contribution in [3.8, 4) is 0 Å². The standard InChI is InChI=1S/C7H12F3NO/c1-11-2-3-12-5-6(4-11)7(8,9)10/h6H,2-5H2,1H3. The van der Waals surface area contributed by atoms with Crippen LogP contribution in [-0.4, -0.2) is 44.4 Å². The number of nitrogens with zero attached hydrogens (tertiary/aromatic N) is 1. The third-order valence-electron chi connectivity index (χ3n) is 1.93. The van der Waals surface area contributed by atoms with Crippen LogP contribution in [0.4, 0.5) is 13.2 Å². The molecule has 0 bridgehead atoms. The first-order valence-electron chi connectivity index (χ1n) is 3.83. The highest BCUT2D eigenvalue weighted by molar-refractivity contribution is 4.73. The summed E-state index contributed by atoms with van der Waals surface area (Å²) in [7, 11) is 1.67. The molecule has 12 heavy (non-hydrogen) atoms. The van der Waals surface area contributed by atoms with Gasteiger partial charge in [0.15, 0.2) is 0 Å². The molecule has 0 aromatic heterocycles. The average molecular weight is 183 g/mol. The number of hydrogen-bond acceptors (Lipinski definition) is 2. The van der Waals surface area contributed by atoms with Crippen LogP contribution >= 0.6 is 0 Å². The van der Waals surface area contributed by atoms with Gasteiger partial charge in [-0.1, -0.05) is 0 Å². The maximum atomic E-state index is 12.2. The van der Waals surface area contributed by atoms with E-state index in [-0.39, 0.29) is 13.2 Å². The minimum atomic E-state index is -4.13. The van der Waals surface area contributed by atoms with Crippen molar-refractivity contribution in [2.45, 2.75) is 6.18 Å². The van der Waals surface area contributed by atoms with Crippen LogP contribution in [0.15, 0.2) is 0 Å². The zero-order chi connectivity index (χ0) is 9.19. The van der Waals surface area contributed by atoms with Crippen LogP contribution in [0.2, 0.25) is 0 Å². The van der Waals surface area contributed by atoms with Crippen molar-refractivity contribution in [3.05, 3.63) is 0 Å². The Bertz CT molecular complexity index is 148. The smallest absolute Gasteiger partial charge is 0.379 e. The largest absolute Gasteiger partial charge is 0.395 e. The van der Waals surface area contributed by atoms with Gasteiger partial charge in [-0.05, 0) is 7.05 Å². The molecule has 0 N–H and O–H groups in total. The Hall–Kier alpha value is -0.290. The van der Waals surface area contributed by atoms with Crippen LogP contribution in [0, 0.1) is 5.92 Å². The summed E-state index contributed by atoms with van der Waals surface area (Å²) in [5.74, 6) is -1.33. The van der Waals surface area contributed by atoms with Crippen LogP contribution in [0.5, 0.6) is 0 Å². The van der Waals surface area contributed by atoms with Gasteiger partial charge in [-0.2, -0.15) is 13.2 Å². The third kappa shape index (κ3) is 2.64. The SMILES string of the molecule is CN1CCOCC(C(F)(F)F)C1. The molecule has 0 amide bonds. The van der Waals surface area contributed by atoms with E-state index in [0.717, 1.165) is 0 Å². The maximum absolute atomic E-state index is 12.2. The number of halogens is 3. The quantitative estimate of drug-likeness (QED) is 0.558. The Morgan fingerprint density at radius 2 is 2.08 bits per heavy atom. The van der Waals surface area contributed by atoms with Crippen molar-refractivity contribution >= 4 is 0 Å². The highest BCUT2D eigenvalue weighted by Gasteiger charge is 2.40. The van der Waals surface area contributed by atoms with E-state index in [1.807, 2.05) is 0 Å². The molecule has 1 aliphatic rings. The molecule has 0 aliphatic carbocycles. The second kappa shape index (κ2) is 3.62. The molecule has 0 spiro atoms. The molecule has 5 heteroatoms. The summed E-state index contributed by atoms with van der Waals surface area (Å²) in [4.78, 5) is 1.64. The Morgan fingerprint density at radius 3 is 2.67 bits per heavy atom. The van der Waals surface area contributed by atoms with Gasteiger partial charge in [-0.3, -0.25) is 0 Å². The maximum Gasteiger partial charge on any atom is 0.395 e. The van der Waals surface area contributed by atoms with Crippen molar-refractivity contribution in [3.63, 3.8) is 0 Å². The van der Waals surface area contributed by atoms with Gasteiger partial charge in [0.25, 0.3) is 0 Å². The summed E-state index contributed by atoms with van der Waals surface area (Å²) >= 11 is 0. The second-order valence-corrected chi connectivity index (χ2v) is 3.08. The third-order valence-corrected chi connectivity index (χ3v) is 1.93. The summed E-state index contributed by atoms with van der Waals surface area (Å²) in [6.07, 6.45) is -4.13. The number of hydrogen-bond donors (Lipinski definition) is 0. The number of rotatable bonds is 0. The Morgan fingerprint density at radius 1 is 1.42 bits per heavy atom. The number of alkyl halides is 3. The van der Waals surface area contributed by atoms with Crippen molar-refractivity contribution in [2.75, 3.05) is 33.4 Å². The second-order valence-electron chi connectivity index (χ2n) is 3.08. The molecule has 0 saturated carbocycles. The monoisotopic (exact) mass is 183 g/mol. The first kappa shape index (κ1) is 9.80. The minimum absolute atomic E-state index is 0.0451. The van der Waals surface area contributed by atoms with Gasteiger partial charge < -0.3 is 9.64 Å². The normalized spacial score (nSPS) is 28.5. The van der Waals surface area contributed by atoms with Gasteiger partial charge in [-0.25, -0.2) is 0 Å². The predicted molar refractivity (Wildman–Crippen MR) is 37.9 cm³/mol. The molecule has 0 aromatic rings. The van der Waals surface area contributed by atoms with E-state index in [9.17, 15) is 13.2 Å². The highest BCUT2D eigenvalue weighted by atomic mass is 19.4. The summed E-state index contributed by atoms with van der Waals surface area (Å²) in [6, 6.07) is 0. The summed E-state index contributed by atoms with van der Waals surface area (Å²) < 4.78 is 41.4. The molecule has 1 saturated heterocycles.